The molecule has 0 radical (unpaired) electrons. The fraction of sp³-hybridized carbons (Fsp3) is 0.167. The molecule has 0 saturated carbocycles. The summed E-state index contributed by atoms with van der Waals surface area (Å²) in [6, 6.07) is 16.8. The molecular formula is C12H14FeO3S-6. The molecule has 2 rings (SSSR count). The van der Waals surface area contributed by atoms with Gasteiger partial charge < -0.3 is 30.3 Å². The Balaban J connectivity index is 0.000000360. The van der Waals surface area contributed by atoms with Gasteiger partial charge in [0.1, 0.15) is 0 Å². The second kappa shape index (κ2) is 7.45. The third kappa shape index (κ3) is 5.84. The Labute approximate surface area is 112 Å². The van der Waals surface area contributed by atoms with E-state index in [0.717, 1.165) is 0 Å². The maximum Gasteiger partial charge on any atom is 0.260 e. The summed E-state index contributed by atoms with van der Waals surface area (Å²) in [4.78, 5) is 0. The summed E-state index contributed by atoms with van der Waals surface area (Å²) < 4.78 is 29.8. The normalized spacial score (nSPS) is 11.9. The molecule has 17 heavy (non-hydrogen) atoms. The first-order valence-electron chi connectivity index (χ1n) is 4.86. The molecule has 0 saturated heterocycles. The molecule has 1 N–H and O–H groups in total. The zero-order valence-corrected chi connectivity index (χ0v) is 11.2. The quantitative estimate of drug-likeness (QED) is 0.526. The molecule has 0 aliphatic carbocycles. The van der Waals surface area contributed by atoms with Crippen LogP contribution in [0.3, 0.4) is 0 Å². The van der Waals surface area contributed by atoms with Crippen LogP contribution in [0.25, 0.3) is 0 Å². The Kier molecular flexibility index (Phi) is 7.07. The first kappa shape index (κ1) is 16.1. The van der Waals surface area contributed by atoms with Gasteiger partial charge in [0.05, 0.1) is 5.25 Å². The van der Waals surface area contributed by atoms with Crippen molar-refractivity contribution in [2.24, 2.45) is 0 Å². The van der Waals surface area contributed by atoms with Crippen molar-refractivity contribution in [3.63, 3.8) is 0 Å². The van der Waals surface area contributed by atoms with E-state index in [-0.39, 0.29) is 17.1 Å². The van der Waals surface area contributed by atoms with Crippen molar-refractivity contribution >= 4 is 10.1 Å². The number of hydrogen-bond donors (Lipinski definition) is 1. The van der Waals surface area contributed by atoms with Crippen LogP contribution >= 0.6 is 0 Å². The van der Waals surface area contributed by atoms with Gasteiger partial charge >= 0.3 is 0 Å². The van der Waals surface area contributed by atoms with Gasteiger partial charge in [0.15, 0.2) is 0 Å². The van der Waals surface area contributed by atoms with Crippen molar-refractivity contribution in [2.45, 2.75) is 12.2 Å². The van der Waals surface area contributed by atoms with E-state index in [2.05, 4.69) is 0 Å². The summed E-state index contributed by atoms with van der Waals surface area (Å²) in [6.45, 7) is 1.45. The minimum absolute atomic E-state index is 0. The maximum absolute atomic E-state index is 10.6. The van der Waals surface area contributed by atoms with Gasteiger partial charge in [-0.3, -0.25) is 4.55 Å². The predicted molar refractivity (Wildman–Crippen MR) is 64.0 cm³/mol. The molecule has 0 aromatic heterocycles. The zero-order valence-electron chi connectivity index (χ0n) is 9.30. The average molecular weight is 294 g/mol. The van der Waals surface area contributed by atoms with Gasteiger partial charge in [0.25, 0.3) is 10.1 Å². The summed E-state index contributed by atoms with van der Waals surface area (Å²) >= 11 is 0. The molecular weight excluding hydrogens is 280 g/mol. The van der Waals surface area contributed by atoms with Crippen LogP contribution in [0, 0.1) is 0 Å². The number of rotatable bonds is 2. The molecule has 0 aliphatic rings. The maximum atomic E-state index is 10.6. The molecule has 2 aromatic carbocycles. The van der Waals surface area contributed by atoms with Crippen molar-refractivity contribution in [1.82, 2.24) is 0 Å². The first-order chi connectivity index (χ1) is 7.52. The molecule has 0 aliphatic heterocycles. The van der Waals surface area contributed by atoms with Crippen LogP contribution in [0.15, 0.2) is 54.6 Å². The van der Waals surface area contributed by atoms with Crippen molar-refractivity contribution < 1.29 is 30.0 Å². The zero-order chi connectivity index (χ0) is 12.0. The molecule has 1 unspecified atom stereocenters. The molecule has 5 heteroatoms. The molecule has 100 valence electrons. The molecule has 0 heterocycles. The van der Waals surface area contributed by atoms with E-state index in [4.69, 9.17) is 4.55 Å². The topological polar surface area (TPSA) is 54.4 Å². The summed E-state index contributed by atoms with van der Waals surface area (Å²) in [5, 5.41) is -0.822. The second-order valence-corrected chi connectivity index (χ2v) is 5.07. The predicted octanol–water partition coefficient (Wildman–Crippen LogP) is 2.76. The van der Waals surface area contributed by atoms with Crippen LogP contribution in [0.1, 0.15) is 17.7 Å². The SMILES string of the molecule is CC([c-]1cccc1)S(=O)(=O)O.[Fe].[cH-]1[cH-][cH-][cH-][cH-]1. The fourth-order valence-electron chi connectivity index (χ4n) is 1.15. The molecule has 0 spiro atoms. The standard InChI is InChI=1S/C7H9O3S.C5H5.Fe/c1-6(11(8,9)10)7-4-2-3-5-7;1-2-4-5-3-1;/h2-6H,1H3,(H,8,9,10);1-5H;/q-1;-5;. The largest absolute Gasteiger partial charge is 0.748 e. The summed E-state index contributed by atoms with van der Waals surface area (Å²) in [7, 11) is -3.93. The van der Waals surface area contributed by atoms with Gasteiger partial charge in [-0.05, 0) is 0 Å². The van der Waals surface area contributed by atoms with Gasteiger partial charge in [-0.2, -0.15) is 12.1 Å². The molecule has 3 nitrogen and oxygen atoms in total. The number of hydrogen-bond acceptors (Lipinski definition) is 2. The van der Waals surface area contributed by atoms with Gasteiger partial charge in [-0.25, -0.2) is 20.6 Å². The summed E-state index contributed by atoms with van der Waals surface area (Å²) in [6.07, 6.45) is 0. The van der Waals surface area contributed by atoms with E-state index in [1.165, 1.54) is 6.92 Å². The minimum Gasteiger partial charge on any atom is -0.748 e. The van der Waals surface area contributed by atoms with Crippen molar-refractivity contribution in [3.8, 4) is 0 Å². The van der Waals surface area contributed by atoms with E-state index >= 15 is 0 Å². The van der Waals surface area contributed by atoms with Crippen LogP contribution in [-0.2, 0) is 27.2 Å². The smallest absolute Gasteiger partial charge is 0.260 e. The van der Waals surface area contributed by atoms with Crippen LogP contribution in [0.2, 0.25) is 0 Å². The van der Waals surface area contributed by atoms with E-state index in [0.29, 0.717) is 5.56 Å². The molecule has 2 aromatic rings. The first-order valence-corrected chi connectivity index (χ1v) is 6.36. The van der Waals surface area contributed by atoms with Gasteiger partial charge in [-0.15, -0.1) is 5.56 Å². The third-order valence-corrected chi connectivity index (χ3v) is 3.33. The average Bonchev–Trinajstić information content (AvgIpc) is 2.91. The van der Waals surface area contributed by atoms with Crippen molar-refractivity contribution in [3.05, 3.63) is 60.2 Å². The van der Waals surface area contributed by atoms with Crippen LogP contribution < -0.4 is 0 Å². The van der Waals surface area contributed by atoms with Crippen LogP contribution in [0.5, 0.6) is 0 Å². The van der Waals surface area contributed by atoms with E-state index in [1.54, 1.807) is 24.3 Å². The van der Waals surface area contributed by atoms with Gasteiger partial charge in [0, 0.05) is 17.1 Å². The van der Waals surface area contributed by atoms with Crippen LogP contribution in [-0.4, -0.2) is 13.0 Å². The Morgan fingerprint density at radius 2 is 1.41 bits per heavy atom. The van der Waals surface area contributed by atoms with Crippen molar-refractivity contribution in [2.75, 3.05) is 0 Å². The monoisotopic (exact) mass is 294 g/mol. The molecule has 0 bridgehead atoms. The summed E-state index contributed by atoms with van der Waals surface area (Å²) in [5.41, 5.74) is 0.618. The molecule has 1 atom stereocenters. The molecule has 0 amide bonds. The van der Waals surface area contributed by atoms with E-state index in [9.17, 15) is 8.42 Å². The Bertz CT molecular complexity index is 455. The van der Waals surface area contributed by atoms with E-state index < -0.39 is 15.4 Å². The Morgan fingerprint density at radius 3 is 1.71 bits per heavy atom. The fourth-order valence-corrected chi connectivity index (χ4v) is 1.65. The van der Waals surface area contributed by atoms with E-state index in [1.807, 2.05) is 30.3 Å². The minimum atomic E-state index is -3.93. The third-order valence-electron chi connectivity index (χ3n) is 2.16. The van der Waals surface area contributed by atoms with Crippen molar-refractivity contribution in [1.29, 1.82) is 0 Å². The van der Waals surface area contributed by atoms with Gasteiger partial charge in [-0.1, -0.05) is 6.92 Å². The Hall–Kier alpha value is -0.871. The summed E-state index contributed by atoms with van der Waals surface area (Å²) in [5.74, 6) is 0. The van der Waals surface area contributed by atoms with Crippen LogP contribution in [0.4, 0.5) is 0 Å². The Morgan fingerprint density at radius 1 is 1.06 bits per heavy atom. The van der Waals surface area contributed by atoms with Gasteiger partial charge in [0.2, 0.25) is 0 Å². The second-order valence-electron chi connectivity index (χ2n) is 3.34. The molecule has 0 fully saturated rings.